The molecule has 0 saturated heterocycles. The van der Waals surface area contributed by atoms with Crippen molar-refractivity contribution in [1.29, 1.82) is 0 Å². The zero-order valence-corrected chi connectivity index (χ0v) is 18.2. The molecule has 0 amide bonds. The van der Waals surface area contributed by atoms with Crippen molar-refractivity contribution in [3.05, 3.63) is 29.6 Å². The molecule has 2 rings (SSSR count). The summed E-state index contributed by atoms with van der Waals surface area (Å²) in [5, 5.41) is 1.44. The molecular formula is C21H37NO2S. The van der Waals surface area contributed by atoms with Crippen LogP contribution in [0.1, 0.15) is 96.8 Å². The van der Waals surface area contributed by atoms with Gasteiger partial charge in [0.25, 0.3) is 0 Å². The first-order chi connectivity index (χ1) is 11.8. The molecule has 25 heavy (non-hydrogen) atoms. The van der Waals surface area contributed by atoms with Crippen molar-refractivity contribution in [3.8, 4) is 0 Å². The van der Waals surface area contributed by atoms with Crippen LogP contribution in [0.5, 0.6) is 0 Å². The number of hydrogen-bond donors (Lipinski definition) is 0. The highest BCUT2D eigenvalue weighted by Crippen LogP contribution is 2.64. The average molecular weight is 368 g/mol. The minimum absolute atomic E-state index is 0.0557. The predicted octanol–water partition coefficient (Wildman–Crippen LogP) is 6.48. The van der Waals surface area contributed by atoms with Gasteiger partial charge < -0.3 is 4.18 Å². The van der Waals surface area contributed by atoms with Gasteiger partial charge in [-0.3, -0.25) is 9.78 Å². The molecule has 3 nitrogen and oxygen atoms in total. The molecule has 0 fully saturated rings. The van der Waals surface area contributed by atoms with Crippen molar-refractivity contribution in [3.63, 3.8) is 0 Å². The lowest BCUT2D eigenvalue weighted by atomic mass is 10.1. The van der Waals surface area contributed by atoms with Crippen molar-refractivity contribution in [1.82, 2.24) is 4.98 Å². The second-order valence-corrected chi connectivity index (χ2v) is 11.6. The van der Waals surface area contributed by atoms with Crippen molar-refractivity contribution in [2.75, 3.05) is 0 Å². The average Bonchev–Trinajstić information content (AvgIpc) is 2.73. The predicted molar refractivity (Wildman–Crippen MR) is 111 cm³/mol. The molecule has 0 radical (unpaired) electrons. The van der Waals surface area contributed by atoms with E-state index in [4.69, 9.17) is 4.18 Å². The summed E-state index contributed by atoms with van der Waals surface area (Å²) in [6.45, 7) is 17.6. The van der Waals surface area contributed by atoms with Crippen LogP contribution in [0, 0.1) is 0 Å². The molecule has 0 spiro atoms. The summed E-state index contributed by atoms with van der Waals surface area (Å²) in [6, 6.07) is 3.76. The maximum absolute atomic E-state index is 12.3. The van der Waals surface area contributed by atoms with E-state index in [2.05, 4.69) is 46.5 Å². The van der Waals surface area contributed by atoms with Crippen LogP contribution in [0.2, 0.25) is 0 Å². The number of aromatic nitrogens is 1. The summed E-state index contributed by atoms with van der Waals surface area (Å²) in [6.07, 6.45) is 4.09. The Morgan fingerprint density at radius 3 is 2.16 bits per heavy atom. The molecule has 1 atom stereocenters. The smallest absolute Gasteiger partial charge is 0.164 e. The van der Waals surface area contributed by atoms with Gasteiger partial charge in [0, 0.05) is 33.9 Å². The highest BCUT2D eigenvalue weighted by atomic mass is 32.3. The second-order valence-electron chi connectivity index (χ2n) is 7.18. The van der Waals surface area contributed by atoms with Crippen LogP contribution < -0.4 is 0 Å². The summed E-state index contributed by atoms with van der Waals surface area (Å²) in [4.78, 5) is 16.9. The number of hydrogen-bond acceptors (Lipinski definition) is 3. The summed E-state index contributed by atoms with van der Waals surface area (Å²) < 4.78 is 6.89. The monoisotopic (exact) mass is 367 g/mol. The molecule has 0 bridgehead atoms. The van der Waals surface area contributed by atoms with E-state index in [-0.39, 0.29) is 11.9 Å². The Morgan fingerprint density at radius 1 is 1.08 bits per heavy atom. The molecule has 1 unspecified atom stereocenters. The van der Waals surface area contributed by atoms with Gasteiger partial charge in [0.1, 0.15) is 6.10 Å². The molecule has 1 aliphatic carbocycles. The van der Waals surface area contributed by atoms with Gasteiger partial charge in [0.05, 0.1) is 5.69 Å². The molecule has 1 aliphatic rings. The zero-order chi connectivity index (χ0) is 19.2. The van der Waals surface area contributed by atoms with E-state index < -0.39 is 10.3 Å². The normalized spacial score (nSPS) is 18.7. The first-order valence-corrected chi connectivity index (χ1v) is 11.5. The Hall–Kier alpha value is -0.870. The summed E-state index contributed by atoms with van der Waals surface area (Å²) in [5.74, 6) is 0.207. The van der Waals surface area contributed by atoms with E-state index in [1.807, 2.05) is 26.0 Å². The fourth-order valence-electron chi connectivity index (χ4n) is 3.89. The summed E-state index contributed by atoms with van der Waals surface area (Å²) in [5.41, 5.74) is 1.62. The van der Waals surface area contributed by atoms with Gasteiger partial charge in [-0.1, -0.05) is 55.4 Å². The van der Waals surface area contributed by atoms with Gasteiger partial charge in [-0.05, 0) is 25.0 Å². The maximum Gasteiger partial charge on any atom is 0.164 e. The Morgan fingerprint density at radius 2 is 1.64 bits per heavy atom. The van der Waals surface area contributed by atoms with E-state index >= 15 is 0 Å². The fourth-order valence-corrected chi connectivity index (χ4v) is 8.41. The lowest BCUT2D eigenvalue weighted by molar-refractivity contribution is 0.0981. The molecule has 144 valence electrons. The molecule has 1 heterocycles. The molecule has 1 aromatic heterocycles. The first kappa shape index (κ1) is 22.2. The number of carbonyl (C=O) groups is 1. The van der Waals surface area contributed by atoms with E-state index in [1.54, 1.807) is 6.20 Å². The maximum atomic E-state index is 12.3. The SMILES string of the molecule is CC.CC(C)S(OC1CCCC(=O)c2cccnc21)(C(C)C)C(C)C. The molecular weight excluding hydrogens is 330 g/mol. The number of fused-ring (bicyclic) bond motifs is 1. The number of carbonyl (C=O) groups excluding carboxylic acids is 1. The minimum atomic E-state index is -1.27. The minimum Gasteiger partial charge on any atom is -0.326 e. The Labute approximate surface area is 156 Å². The number of rotatable bonds is 5. The highest BCUT2D eigenvalue weighted by Gasteiger charge is 2.40. The van der Waals surface area contributed by atoms with Crippen molar-refractivity contribution in [2.24, 2.45) is 0 Å². The Bertz CT molecular complexity index is 533. The molecule has 0 aromatic carbocycles. The third-order valence-corrected chi connectivity index (χ3v) is 9.79. The zero-order valence-electron chi connectivity index (χ0n) is 17.3. The van der Waals surface area contributed by atoms with Crippen molar-refractivity contribution >= 4 is 16.1 Å². The third kappa shape index (κ3) is 4.65. The standard InChI is InChI=1S/C19H31NO2S.C2H6/c1-13(2)23(14(3)4,15(5)6)22-18-11-7-10-17(21)16-9-8-12-20-19(16)18;1-2/h8-9,12-15,18H,7,10-11H2,1-6H3;1-2H3. The number of Topliss-reactive ketones (excluding diaryl/α,β-unsaturated/α-hetero) is 1. The van der Waals surface area contributed by atoms with Crippen LogP contribution in [-0.2, 0) is 4.18 Å². The summed E-state index contributed by atoms with van der Waals surface area (Å²) in [7, 11) is -1.27. The largest absolute Gasteiger partial charge is 0.326 e. The molecule has 1 aromatic rings. The van der Waals surface area contributed by atoms with Gasteiger partial charge in [0.2, 0.25) is 0 Å². The van der Waals surface area contributed by atoms with E-state index in [9.17, 15) is 4.79 Å². The Balaban J connectivity index is 0.00000151. The molecule has 0 saturated carbocycles. The quantitative estimate of drug-likeness (QED) is 0.559. The summed E-state index contributed by atoms with van der Waals surface area (Å²) >= 11 is 0. The fraction of sp³-hybridized carbons (Fsp3) is 0.714. The van der Waals surface area contributed by atoms with Crippen LogP contribution in [-0.4, -0.2) is 26.5 Å². The second kappa shape index (κ2) is 9.72. The van der Waals surface area contributed by atoms with Crippen molar-refractivity contribution in [2.45, 2.75) is 96.5 Å². The van der Waals surface area contributed by atoms with Crippen LogP contribution in [0.4, 0.5) is 0 Å². The molecule has 4 heteroatoms. The van der Waals surface area contributed by atoms with E-state index in [0.29, 0.717) is 22.2 Å². The third-order valence-electron chi connectivity index (χ3n) is 4.81. The van der Waals surface area contributed by atoms with Crippen LogP contribution in [0.3, 0.4) is 0 Å². The van der Waals surface area contributed by atoms with Gasteiger partial charge in [0.15, 0.2) is 5.78 Å². The number of ketones is 1. The number of pyridine rings is 1. The topological polar surface area (TPSA) is 39.2 Å². The lowest BCUT2D eigenvalue weighted by Gasteiger charge is -2.52. The lowest BCUT2D eigenvalue weighted by Crippen LogP contribution is -2.32. The van der Waals surface area contributed by atoms with Gasteiger partial charge in [-0.2, -0.15) is 0 Å². The van der Waals surface area contributed by atoms with Crippen LogP contribution in [0.25, 0.3) is 0 Å². The van der Waals surface area contributed by atoms with Gasteiger partial charge in [-0.25, -0.2) is 0 Å². The van der Waals surface area contributed by atoms with Crippen LogP contribution >= 0.6 is 10.3 Å². The molecule has 0 N–H and O–H groups in total. The van der Waals surface area contributed by atoms with Gasteiger partial charge >= 0.3 is 0 Å². The number of nitrogens with zero attached hydrogens (tertiary/aromatic N) is 1. The van der Waals surface area contributed by atoms with Crippen LogP contribution in [0.15, 0.2) is 18.3 Å². The van der Waals surface area contributed by atoms with Gasteiger partial charge in [-0.15, -0.1) is 10.3 Å². The van der Waals surface area contributed by atoms with E-state index in [1.165, 1.54) is 0 Å². The molecule has 0 aliphatic heterocycles. The van der Waals surface area contributed by atoms with E-state index in [0.717, 1.165) is 24.1 Å². The highest BCUT2D eigenvalue weighted by molar-refractivity contribution is 8.31. The first-order valence-electron chi connectivity index (χ1n) is 9.77. The van der Waals surface area contributed by atoms with Crippen molar-refractivity contribution < 1.29 is 8.98 Å². The Kier molecular flexibility index (Phi) is 8.62.